The smallest absolute Gasteiger partial charge is 0.261 e. The van der Waals surface area contributed by atoms with Gasteiger partial charge >= 0.3 is 0 Å². The van der Waals surface area contributed by atoms with E-state index < -0.39 is 0 Å². The molecule has 0 amide bonds. The van der Waals surface area contributed by atoms with Crippen molar-refractivity contribution in [2.75, 3.05) is 12.4 Å². The Morgan fingerprint density at radius 1 is 1.92 bits per heavy atom. The molecule has 12 heavy (non-hydrogen) atoms. The Balaban J connectivity index is 2.76. The SMILES string of the molecule is CNc1cnn(C(=O)CC#N)c1. The molecule has 5 heteroatoms. The summed E-state index contributed by atoms with van der Waals surface area (Å²) < 4.78 is 1.15. The first-order valence-electron chi connectivity index (χ1n) is 3.40. The molecule has 0 aromatic carbocycles. The largest absolute Gasteiger partial charge is 0.386 e. The molecule has 0 fully saturated rings. The van der Waals surface area contributed by atoms with Crippen LogP contribution in [0.15, 0.2) is 12.4 Å². The molecule has 0 radical (unpaired) electrons. The van der Waals surface area contributed by atoms with Crippen molar-refractivity contribution in [2.24, 2.45) is 0 Å². The molecular formula is C7H8N4O. The standard InChI is InChI=1S/C7H8N4O/c1-9-6-4-10-11(5-6)7(12)2-3-8/h4-5,9H,2H2,1H3. The summed E-state index contributed by atoms with van der Waals surface area (Å²) in [5.41, 5.74) is 0.751. The maximum atomic E-state index is 11.0. The number of hydrogen-bond acceptors (Lipinski definition) is 4. The fraction of sp³-hybridized carbons (Fsp3) is 0.286. The predicted molar refractivity (Wildman–Crippen MR) is 42.6 cm³/mol. The Hall–Kier alpha value is -1.83. The van der Waals surface area contributed by atoms with Gasteiger partial charge in [0.15, 0.2) is 0 Å². The fourth-order valence-corrected chi connectivity index (χ4v) is 0.737. The zero-order valence-electron chi connectivity index (χ0n) is 6.61. The molecule has 0 bridgehead atoms. The Bertz CT molecular complexity index is 322. The van der Waals surface area contributed by atoms with E-state index >= 15 is 0 Å². The van der Waals surface area contributed by atoms with E-state index in [0.29, 0.717) is 0 Å². The summed E-state index contributed by atoms with van der Waals surface area (Å²) in [6.45, 7) is 0. The summed E-state index contributed by atoms with van der Waals surface area (Å²) >= 11 is 0. The molecule has 1 aromatic heterocycles. The molecule has 0 spiro atoms. The molecule has 0 aliphatic carbocycles. The average molecular weight is 164 g/mol. The van der Waals surface area contributed by atoms with Crippen LogP contribution >= 0.6 is 0 Å². The summed E-state index contributed by atoms with van der Waals surface area (Å²) in [6.07, 6.45) is 2.92. The lowest BCUT2D eigenvalue weighted by molar-refractivity contribution is 0.0904. The minimum Gasteiger partial charge on any atom is -0.386 e. The van der Waals surface area contributed by atoms with Crippen molar-refractivity contribution in [1.29, 1.82) is 5.26 Å². The average Bonchev–Trinajstić information content (AvgIpc) is 2.52. The van der Waals surface area contributed by atoms with Crippen LogP contribution in [0.4, 0.5) is 5.69 Å². The monoisotopic (exact) mass is 164 g/mol. The van der Waals surface area contributed by atoms with Crippen LogP contribution in [0, 0.1) is 11.3 Å². The van der Waals surface area contributed by atoms with Crippen LogP contribution in [0.5, 0.6) is 0 Å². The number of aromatic nitrogens is 2. The van der Waals surface area contributed by atoms with Gasteiger partial charge in [-0.1, -0.05) is 0 Å². The zero-order valence-corrected chi connectivity index (χ0v) is 6.61. The van der Waals surface area contributed by atoms with Crippen molar-refractivity contribution in [3.8, 4) is 6.07 Å². The summed E-state index contributed by atoms with van der Waals surface area (Å²) in [4.78, 5) is 11.0. The van der Waals surface area contributed by atoms with Gasteiger partial charge in [-0.3, -0.25) is 4.79 Å². The van der Waals surface area contributed by atoms with Crippen molar-refractivity contribution in [1.82, 2.24) is 9.78 Å². The number of carbonyl (C=O) groups excluding carboxylic acids is 1. The first-order valence-corrected chi connectivity index (χ1v) is 3.40. The number of hydrogen-bond donors (Lipinski definition) is 1. The number of nitrogens with zero attached hydrogens (tertiary/aromatic N) is 3. The van der Waals surface area contributed by atoms with Gasteiger partial charge in [-0.25, -0.2) is 4.68 Å². The third kappa shape index (κ3) is 1.61. The highest BCUT2D eigenvalue weighted by Crippen LogP contribution is 2.02. The van der Waals surface area contributed by atoms with Crippen LogP contribution in [-0.4, -0.2) is 22.7 Å². The first-order chi connectivity index (χ1) is 5.77. The Morgan fingerprint density at radius 2 is 2.67 bits per heavy atom. The molecule has 0 saturated carbocycles. The van der Waals surface area contributed by atoms with Crippen LogP contribution in [0.1, 0.15) is 11.2 Å². The number of rotatable bonds is 2. The number of nitrogens with one attached hydrogen (secondary N) is 1. The van der Waals surface area contributed by atoms with E-state index in [1.165, 1.54) is 6.20 Å². The Morgan fingerprint density at radius 3 is 3.17 bits per heavy atom. The molecule has 1 rings (SSSR count). The molecular weight excluding hydrogens is 156 g/mol. The second-order valence-corrected chi connectivity index (χ2v) is 2.15. The highest BCUT2D eigenvalue weighted by molar-refractivity contribution is 5.80. The lowest BCUT2D eigenvalue weighted by Gasteiger charge is -1.92. The molecule has 5 nitrogen and oxygen atoms in total. The van der Waals surface area contributed by atoms with Gasteiger partial charge < -0.3 is 5.32 Å². The molecule has 0 aliphatic rings. The quantitative estimate of drug-likeness (QED) is 0.690. The second-order valence-electron chi connectivity index (χ2n) is 2.15. The topological polar surface area (TPSA) is 70.7 Å². The van der Waals surface area contributed by atoms with E-state index in [1.54, 1.807) is 19.3 Å². The van der Waals surface area contributed by atoms with Crippen LogP contribution < -0.4 is 5.32 Å². The van der Waals surface area contributed by atoms with Crippen LogP contribution in [0.2, 0.25) is 0 Å². The molecule has 1 heterocycles. The molecule has 0 saturated heterocycles. The normalized spacial score (nSPS) is 9.00. The van der Waals surface area contributed by atoms with Crippen molar-refractivity contribution in [3.05, 3.63) is 12.4 Å². The first kappa shape index (κ1) is 8.27. The molecule has 0 atom stereocenters. The third-order valence-corrected chi connectivity index (χ3v) is 1.36. The summed E-state index contributed by atoms with van der Waals surface area (Å²) in [5.74, 6) is -0.320. The van der Waals surface area contributed by atoms with Crippen molar-refractivity contribution < 1.29 is 4.79 Å². The highest BCUT2D eigenvalue weighted by atomic mass is 16.2. The molecule has 0 unspecified atom stereocenters. The Labute approximate surface area is 69.6 Å². The van der Waals surface area contributed by atoms with E-state index in [2.05, 4.69) is 10.4 Å². The number of nitriles is 1. The summed E-state index contributed by atoms with van der Waals surface area (Å²) in [6, 6.07) is 1.76. The number of anilines is 1. The molecule has 62 valence electrons. The van der Waals surface area contributed by atoms with Gasteiger partial charge in [-0.15, -0.1) is 0 Å². The van der Waals surface area contributed by atoms with Crippen molar-refractivity contribution in [2.45, 2.75) is 6.42 Å². The van der Waals surface area contributed by atoms with E-state index in [4.69, 9.17) is 5.26 Å². The summed E-state index contributed by atoms with van der Waals surface area (Å²) in [7, 11) is 1.73. The van der Waals surface area contributed by atoms with Crippen molar-refractivity contribution >= 4 is 11.6 Å². The van der Waals surface area contributed by atoms with Crippen molar-refractivity contribution in [3.63, 3.8) is 0 Å². The van der Waals surface area contributed by atoms with E-state index in [0.717, 1.165) is 10.4 Å². The van der Waals surface area contributed by atoms with Gasteiger partial charge in [0.25, 0.3) is 5.91 Å². The lowest BCUT2D eigenvalue weighted by Crippen LogP contribution is -2.09. The minimum absolute atomic E-state index is 0.148. The molecule has 1 aromatic rings. The summed E-state index contributed by atoms with van der Waals surface area (Å²) in [5, 5.41) is 14.8. The van der Waals surface area contributed by atoms with Gasteiger partial charge in [0.05, 0.1) is 24.2 Å². The zero-order chi connectivity index (χ0) is 8.97. The molecule has 1 N–H and O–H groups in total. The predicted octanol–water partition coefficient (Wildman–Crippen LogP) is 0.479. The van der Waals surface area contributed by atoms with Crippen LogP contribution in [0.3, 0.4) is 0 Å². The third-order valence-electron chi connectivity index (χ3n) is 1.36. The maximum Gasteiger partial charge on any atom is 0.261 e. The minimum atomic E-state index is -0.320. The lowest BCUT2D eigenvalue weighted by atomic mass is 10.4. The fourth-order valence-electron chi connectivity index (χ4n) is 0.737. The van der Waals surface area contributed by atoms with Gasteiger partial charge in [-0.05, 0) is 0 Å². The maximum absolute atomic E-state index is 11.0. The van der Waals surface area contributed by atoms with Gasteiger partial charge in [-0.2, -0.15) is 10.4 Å². The number of carbonyl (C=O) groups is 1. The van der Waals surface area contributed by atoms with E-state index in [-0.39, 0.29) is 12.3 Å². The van der Waals surface area contributed by atoms with Gasteiger partial charge in [0, 0.05) is 7.05 Å². The highest BCUT2D eigenvalue weighted by Gasteiger charge is 2.04. The Kier molecular flexibility index (Phi) is 2.43. The van der Waals surface area contributed by atoms with E-state index in [1.807, 2.05) is 0 Å². The van der Waals surface area contributed by atoms with E-state index in [9.17, 15) is 4.79 Å². The van der Waals surface area contributed by atoms with Gasteiger partial charge in [0.2, 0.25) is 0 Å². The van der Waals surface area contributed by atoms with Crippen LogP contribution in [-0.2, 0) is 0 Å². The van der Waals surface area contributed by atoms with Crippen LogP contribution in [0.25, 0.3) is 0 Å². The second kappa shape index (κ2) is 3.53. The molecule has 0 aliphatic heterocycles. The van der Waals surface area contributed by atoms with Gasteiger partial charge in [0.1, 0.15) is 6.42 Å².